The first-order valence-electron chi connectivity index (χ1n) is 9.55. The molecule has 1 N–H and O–H groups in total. The molecule has 0 spiro atoms. The third kappa shape index (κ3) is 4.31. The molecular weight excluding hydrogens is 389 g/mol. The Morgan fingerprint density at radius 1 is 1.21 bits per heavy atom. The number of nitrogens with one attached hydrogen (secondary N) is 1. The lowest BCUT2D eigenvalue weighted by atomic mass is 10.0. The van der Waals surface area contributed by atoms with Gasteiger partial charge in [-0.05, 0) is 49.7 Å². The Kier molecular flexibility index (Phi) is 5.87. The number of hydrogen-bond acceptors (Lipinski definition) is 5. The van der Waals surface area contributed by atoms with Crippen molar-refractivity contribution >= 4 is 22.4 Å². The Hall–Kier alpha value is -2.77. The average Bonchev–Trinajstić information content (AvgIpc) is 3.41. The number of rotatable bonds is 6. The number of methoxy groups -OCH3 is 1. The summed E-state index contributed by atoms with van der Waals surface area (Å²) in [6.45, 7) is 1.81. The fraction of sp³-hybridized carbons (Fsp3) is 0.273. The van der Waals surface area contributed by atoms with Gasteiger partial charge < -0.3 is 10.1 Å². The molecule has 3 aromatic rings. The fourth-order valence-corrected chi connectivity index (χ4v) is 4.35. The molecule has 4 rings (SSSR count). The summed E-state index contributed by atoms with van der Waals surface area (Å²) in [6.07, 6.45) is 2.20. The monoisotopic (exact) mass is 411 g/mol. The Labute approximate surface area is 173 Å². The number of ether oxygens (including phenoxy) is 1. The highest BCUT2D eigenvalue weighted by Crippen LogP contribution is 2.30. The van der Waals surface area contributed by atoms with Crippen LogP contribution in [0.15, 0.2) is 53.9 Å². The molecule has 0 aliphatic carbocycles. The minimum Gasteiger partial charge on any atom is -0.494 e. The molecule has 1 aromatic heterocycles. The third-order valence-electron chi connectivity index (χ3n) is 5.05. The number of amides is 1. The minimum absolute atomic E-state index is 0.0973. The first-order valence-corrected chi connectivity index (χ1v) is 10.4. The third-order valence-corrected chi connectivity index (χ3v) is 5.81. The molecule has 1 aliphatic heterocycles. The van der Waals surface area contributed by atoms with E-state index in [1.165, 1.54) is 24.5 Å². The molecule has 2 aromatic carbocycles. The van der Waals surface area contributed by atoms with E-state index in [1.807, 2.05) is 35.7 Å². The molecule has 0 radical (unpaired) electrons. The molecule has 2 heterocycles. The van der Waals surface area contributed by atoms with Crippen molar-refractivity contribution in [2.75, 3.05) is 25.5 Å². The first-order chi connectivity index (χ1) is 14.2. The molecule has 0 saturated carbocycles. The Bertz CT molecular complexity index is 987. The van der Waals surface area contributed by atoms with Crippen molar-refractivity contribution in [2.45, 2.75) is 18.9 Å². The average molecular weight is 412 g/mol. The molecule has 150 valence electrons. The van der Waals surface area contributed by atoms with Crippen molar-refractivity contribution in [1.82, 2.24) is 9.88 Å². The van der Waals surface area contributed by atoms with E-state index in [0.717, 1.165) is 31.5 Å². The summed E-state index contributed by atoms with van der Waals surface area (Å²) in [5.74, 6) is -0.351. The van der Waals surface area contributed by atoms with Crippen LogP contribution in [0.3, 0.4) is 0 Å². The lowest BCUT2D eigenvalue weighted by Crippen LogP contribution is -2.35. The predicted molar refractivity (Wildman–Crippen MR) is 113 cm³/mol. The molecular formula is C22H22FN3O2S. The van der Waals surface area contributed by atoms with E-state index in [0.29, 0.717) is 16.4 Å². The summed E-state index contributed by atoms with van der Waals surface area (Å²) in [6, 6.07) is 14.2. The number of thiazole rings is 1. The number of carbonyl (C=O) groups is 1. The maximum absolute atomic E-state index is 14.0. The second-order valence-electron chi connectivity index (χ2n) is 6.93. The summed E-state index contributed by atoms with van der Waals surface area (Å²) in [5.41, 5.74) is 2.23. The van der Waals surface area contributed by atoms with E-state index in [2.05, 4.69) is 15.2 Å². The van der Waals surface area contributed by atoms with Crippen LogP contribution in [0.25, 0.3) is 11.3 Å². The lowest BCUT2D eigenvalue weighted by molar-refractivity contribution is -0.121. The summed E-state index contributed by atoms with van der Waals surface area (Å²) >= 11 is 1.33. The van der Waals surface area contributed by atoms with Gasteiger partial charge in [0.05, 0.1) is 12.8 Å². The van der Waals surface area contributed by atoms with Gasteiger partial charge in [0.15, 0.2) is 16.7 Å². The quantitative estimate of drug-likeness (QED) is 0.637. The second kappa shape index (κ2) is 8.71. The Morgan fingerprint density at radius 2 is 1.97 bits per heavy atom. The van der Waals surface area contributed by atoms with Crippen molar-refractivity contribution in [3.05, 3.63) is 65.3 Å². The normalized spacial score (nSPS) is 15.2. The maximum atomic E-state index is 14.0. The number of carbonyl (C=O) groups excluding carboxylic acids is 1. The van der Waals surface area contributed by atoms with Crippen LogP contribution < -0.4 is 10.1 Å². The van der Waals surface area contributed by atoms with Gasteiger partial charge in [0.25, 0.3) is 0 Å². The molecule has 1 amide bonds. The molecule has 1 fully saturated rings. The first kappa shape index (κ1) is 19.5. The number of anilines is 1. The lowest BCUT2D eigenvalue weighted by Gasteiger charge is -2.26. The van der Waals surface area contributed by atoms with Crippen molar-refractivity contribution in [3.8, 4) is 17.0 Å². The number of hydrogen-bond donors (Lipinski definition) is 1. The molecule has 0 bridgehead atoms. The zero-order valence-electron chi connectivity index (χ0n) is 16.1. The molecule has 1 aliphatic rings. The van der Waals surface area contributed by atoms with Crippen LogP contribution in [-0.4, -0.2) is 36.0 Å². The zero-order chi connectivity index (χ0) is 20.2. The maximum Gasteiger partial charge on any atom is 0.248 e. The van der Waals surface area contributed by atoms with E-state index in [9.17, 15) is 9.18 Å². The van der Waals surface area contributed by atoms with Crippen molar-refractivity contribution in [2.24, 2.45) is 0 Å². The fourth-order valence-electron chi connectivity index (χ4n) is 3.63. The minimum atomic E-state index is -0.443. The topological polar surface area (TPSA) is 54.5 Å². The molecule has 1 atom stereocenters. The largest absolute Gasteiger partial charge is 0.494 e. The number of benzene rings is 2. The molecule has 1 unspecified atom stereocenters. The highest BCUT2D eigenvalue weighted by atomic mass is 32.1. The van der Waals surface area contributed by atoms with Gasteiger partial charge in [-0.1, -0.05) is 30.3 Å². The van der Waals surface area contributed by atoms with E-state index < -0.39 is 5.82 Å². The van der Waals surface area contributed by atoms with Crippen LogP contribution in [0.1, 0.15) is 24.4 Å². The molecule has 29 heavy (non-hydrogen) atoms. The smallest absolute Gasteiger partial charge is 0.248 e. The van der Waals surface area contributed by atoms with Gasteiger partial charge in [-0.3, -0.25) is 9.69 Å². The van der Waals surface area contributed by atoms with Crippen LogP contribution in [0.4, 0.5) is 9.52 Å². The van der Waals surface area contributed by atoms with E-state index in [1.54, 1.807) is 12.1 Å². The number of likely N-dealkylation sites (tertiary alicyclic amines) is 1. The van der Waals surface area contributed by atoms with Gasteiger partial charge in [-0.15, -0.1) is 11.3 Å². The summed E-state index contributed by atoms with van der Waals surface area (Å²) < 4.78 is 19.0. The summed E-state index contributed by atoms with van der Waals surface area (Å²) in [7, 11) is 1.43. The van der Waals surface area contributed by atoms with Crippen LogP contribution in [-0.2, 0) is 4.79 Å². The molecule has 5 nitrogen and oxygen atoms in total. The van der Waals surface area contributed by atoms with Crippen LogP contribution in [0, 0.1) is 5.82 Å². The SMILES string of the molecule is COc1ccc(-c2csc(NC(=O)C(c3ccccc3)N3CCCC3)n2)cc1F. The number of aromatic nitrogens is 1. The Balaban J connectivity index is 1.53. The number of halogens is 1. The van der Waals surface area contributed by atoms with Crippen LogP contribution >= 0.6 is 11.3 Å². The van der Waals surface area contributed by atoms with Gasteiger partial charge >= 0.3 is 0 Å². The standard InChI is InChI=1S/C22H22FN3O2S/c1-28-19-10-9-16(13-17(19)23)18-14-29-22(24-18)25-21(27)20(26-11-5-6-12-26)15-7-3-2-4-8-15/h2-4,7-10,13-14,20H,5-6,11-12H2,1H3,(H,24,25,27). The predicted octanol–water partition coefficient (Wildman–Crippen LogP) is 4.73. The zero-order valence-corrected chi connectivity index (χ0v) is 16.9. The van der Waals surface area contributed by atoms with Gasteiger partial charge in [-0.25, -0.2) is 9.37 Å². The summed E-state index contributed by atoms with van der Waals surface area (Å²) in [5, 5.41) is 5.26. The van der Waals surface area contributed by atoms with Gasteiger partial charge in [0.1, 0.15) is 6.04 Å². The van der Waals surface area contributed by atoms with Crippen molar-refractivity contribution < 1.29 is 13.9 Å². The second-order valence-corrected chi connectivity index (χ2v) is 7.79. The molecule has 1 saturated heterocycles. The van der Waals surface area contributed by atoms with Gasteiger partial charge in [0.2, 0.25) is 5.91 Å². The Morgan fingerprint density at radius 3 is 2.66 bits per heavy atom. The van der Waals surface area contributed by atoms with E-state index in [-0.39, 0.29) is 17.7 Å². The van der Waals surface area contributed by atoms with E-state index >= 15 is 0 Å². The van der Waals surface area contributed by atoms with Crippen molar-refractivity contribution in [3.63, 3.8) is 0 Å². The highest BCUT2D eigenvalue weighted by Gasteiger charge is 2.30. The number of nitrogens with zero attached hydrogens (tertiary/aromatic N) is 2. The van der Waals surface area contributed by atoms with Crippen LogP contribution in [0.5, 0.6) is 5.75 Å². The summed E-state index contributed by atoms with van der Waals surface area (Å²) in [4.78, 5) is 19.8. The molecule has 7 heteroatoms. The van der Waals surface area contributed by atoms with Gasteiger partial charge in [0, 0.05) is 10.9 Å². The van der Waals surface area contributed by atoms with Crippen LogP contribution in [0.2, 0.25) is 0 Å². The highest BCUT2D eigenvalue weighted by molar-refractivity contribution is 7.14. The van der Waals surface area contributed by atoms with Crippen molar-refractivity contribution in [1.29, 1.82) is 0 Å². The van der Waals surface area contributed by atoms with E-state index in [4.69, 9.17) is 4.74 Å². The van der Waals surface area contributed by atoms with Gasteiger partial charge in [-0.2, -0.15) is 0 Å².